The topological polar surface area (TPSA) is 69.9 Å². The smallest absolute Gasteiger partial charge is 0.206 e. The lowest BCUT2D eigenvalue weighted by Crippen LogP contribution is -2.17. The number of rotatable bonds is 4. The lowest BCUT2D eigenvalue weighted by molar-refractivity contribution is 0.0438. The summed E-state index contributed by atoms with van der Waals surface area (Å²) in [6.07, 6.45) is -0.190. The molecule has 0 aromatic heterocycles. The molecule has 1 unspecified atom stereocenters. The molecular weight excluding hydrogens is 242 g/mol. The molecule has 1 aliphatic rings. The van der Waals surface area contributed by atoms with Gasteiger partial charge in [0.2, 0.25) is 5.78 Å². The van der Waals surface area contributed by atoms with Crippen LogP contribution in [0.2, 0.25) is 0 Å². The summed E-state index contributed by atoms with van der Waals surface area (Å²) < 4.78 is 0. The van der Waals surface area contributed by atoms with Crippen LogP contribution in [0.5, 0.6) is 0 Å². The Bertz CT molecular complexity index is 460. The summed E-state index contributed by atoms with van der Waals surface area (Å²) in [5, 5.41) is 18.9. The predicted octanol–water partition coefficient (Wildman–Crippen LogP) is 1.46. The highest BCUT2D eigenvalue weighted by molar-refractivity contribution is 6.45. The molecule has 0 aliphatic heterocycles. The van der Waals surface area contributed by atoms with E-state index < -0.39 is 12.2 Å². The van der Waals surface area contributed by atoms with E-state index in [-0.39, 0.29) is 11.7 Å². The second-order valence-electron chi connectivity index (χ2n) is 5.09. The van der Waals surface area contributed by atoms with Crippen LogP contribution in [0.15, 0.2) is 35.3 Å². The van der Waals surface area contributed by atoms with Crippen molar-refractivity contribution in [1.29, 1.82) is 0 Å². The minimum atomic E-state index is -0.648. The van der Waals surface area contributed by atoms with E-state index in [1.165, 1.54) is 0 Å². The van der Waals surface area contributed by atoms with Gasteiger partial charge in [-0.15, -0.1) is 0 Å². The summed E-state index contributed by atoms with van der Waals surface area (Å²) in [6, 6.07) is 9.05. The summed E-state index contributed by atoms with van der Waals surface area (Å²) in [4.78, 5) is 16.3. The summed E-state index contributed by atoms with van der Waals surface area (Å²) in [6.45, 7) is 2.19. The molecule has 0 spiro atoms. The van der Waals surface area contributed by atoms with Crippen LogP contribution in [0, 0.1) is 5.92 Å². The highest BCUT2D eigenvalue weighted by Gasteiger charge is 2.31. The van der Waals surface area contributed by atoms with Crippen molar-refractivity contribution in [3.8, 4) is 0 Å². The number of ketones is 1. The van der Waals surface area contributed by atoms with Gasteiger partial charge in [0.15, 0.2) is 0 Å². The number of carbonyl (C=O) groups is 1. The molecule has 0 radical (unpaired) electrons. The number of benzene rings is 1. The average molecular weight is 261 g/mol. The molecule has 19 heavy (non-hydrogen) atoms. The van der Waals surface area contributed by atoms with E-state index in [2.05, 4.69) is 4.99 Å². The second-order valence-corrected chi connectivity index (χ2v) is 5.09. The maximum atomic E-state index is 12.0. The number of hydrogen-bond acceptors (Lipinski definition) is 4. The van der Waals surface area contributed by atoms with E-state index in [1.54, 1.807) is 19.1 Å². The normalized spacial score (nSPS) is 27.5. The Labute approximate surface area is 112 Å². The van der Waals surface area contributed by atoms with Crippen LogP contribution in [0.4, 0.5) is 0 Å². The molecule has 2 N–H and O–H groups in total. The van der Waals surface area contributed by atoms with Crippen LogP contribution in [0.3, 0.4) is 0 Å². The Kier molecular flexibility index (Phi) is 4.45. The average Bonchev–Trinajstić information content (AvgIpc) is 2.75. The first kappa shape index (κ1) is 13.9. The van der Waals surface area contributed by atoms with Gasteiger partial charge in [-0.2, -0.15) is 0 Å². The largest absolute Gasteiger partial charge is 0.390 e. The van der Waals surface area contributed by atoms with Crippen LogP contribution in [0.1, 0.15) is 30.1 Å². The molecule has 1 saturated carbocycles. The molecule has 102 valence electrons. The van der Waals surface area contributed by atoms with E-state index in [9.17, 15) is 15.0 Å². The zero-order valence-electron chi connectivity index (χ0n) is 11.0. The molecule has 4 heteroatoms. The van der Waals surface area contributed by atoms with E-state index in [0.717, 1.165) is 0 Å². The minimum absolute atomic E-state index is 0.0697. The van der Waals surface area contributed by atoms with Gasteiger partial charge in [-0.3, -0.25) is 9.79 Å². The monoisotopic (exact) mass is 261 g/mol. The first-order chi connectivity index (χ1) is 9.08. The van der Waals surface area contributed by atoms with Crippen molar-refractivity contribution in [2.75, 3.05) is 6.54 Å². The number of hydrogen-bond donors (Lipinski definition) is 2. The fourth-order valence-electron chi connectivity index (χ4n) is 2.38. The molecule has 0 saturated heterocycles. The predicted molar refractivity (Wildman–Crippen MR) is 73.5 cm³/mol. The lowest BCUT2D eigenvalue weighted by Gasteiger charge is -2.06. The van der Waals surface area contributed by atoms with Gasteiger partial charge >= 0.3 is 0 Å². The Morgan fingerprint density at radius 3 is 2.37 bits per heavy atom. The number of aliphatic hydroxyl groups excluding tert-OH is 2. The molecule has 1 aliphatic carbocycles. The first-order valence-corrected chi connectivity index (χ1v) is 6.55. The van der Waals surface area contributed by atoms with Gasteiger partial charge < -0.3 is 10.2 Å². The molecule has 0 heterocycles. The number of Topliss-reactive ketones (excluding diaryl/α,β-unsaturated/α-hetero) is 1. The Morgan fingerprint density at radius 1 is 1.21 bits per heavy atom. The van der Waals surface area contributed by atoms with Crippen molar-refractivity contribution in [1.82, 2.24) is 0 Å². The van der Waals surface area contributed by atoms with Crippen molar-refractivity contribution in [3.05, 3.63) is 35.9 Å². The Balaban J connectivity index is 1.95. The molecule has 1 aromatic rings. The summed E-state index contributed by atoms with van der Waals surface area (Å²) in [7, 11) is 0. The maximum Gasteiger partial charge on any atom is 0.206 e. The second kappa shape index (κ2) is 6.08. The van der Waals surface area contributed by atoms with Gasteiger partial charge in [-0.25, -0.2) is 0 Å². The molecule has 3 atom stereocenters. The first-order valence-electron chi connectivity index (χ1n) is 6.55. The number of nitrogens with zero attached hydrogens (tertiary/aromatic N) is 1. The standard InChI is InChI=1S/C15H19NO3/c1-10(15(19)12-5-3-2-4-6-12)16-9-11-7-13(17)14(18)8-11/h2-6,11,13-14,17-18H,7-9H2,1H3/t11?,13-,14+. The fraction of sp³-hybridized carbons (Fsp3) is 0.467. The van der Waals surface area contributed by atoms with E-state index in [4.69, 9.17) is 0 Å². The molecule has 0 bridgehead atoms. The van der Waals surface area contributed by atoms with Crippen molar-refractivity contribution in [3.63, 3.8) is 0 Å². The highest BCUT2D eigenvalue weighted by atomic mass is 16.3. The van der Waals surface area contributed by atoms with Crippen molar-refractivity contribution in [2.45, 2.75) is 32.0 Å². The third-order valence-electron chi connectivity index (χ3n) is 3.55. The molecule has 1 aromatic carbocycles. The molecule has 1 fully saturated rings. The zero-order valence-corrected chi connectivity index (χ0v) is 11.0. The van der Waals surface area contributed by atoms with Crippen LogP contribution in [-0.2, 0) is 0 Å². The van der Waals surface area contributed by atoms with E-state index in [0.29, 0.717) is 30.7 Å². The number of carbonyl (C=O) groups excluding carboxylic acids is 1. The Hall–Kier alpha value is -1.52. The van der Waals surface area contributed by atoms with E-state index >= 15 is 0 Å². The minimum Gasteiger partial charge on any atom is -0.390 e. The quantitative estimate of drug-likeness (QED) is 0.637. The van der Waals surface area contributed by atoms with Crippen LogP contribution >= 0.6 is 0 Å². The maximum absolute atomic E-state index is 12.0. The molecule has 4 nitrogen and oxygen atoms in total. The zero-order chi connectivity index (χ0) is 13.8. The summed E-state index contributed by atoms with van der Waals surface area (Å²) in [5.41, 5.74) is 1.11. The van der Waals surface area contributed by atoms with Gasteiger partial charge in [0, 0.05) is 12.1 Å². The van der Waals surface area contributed by atoms with Gasteiger partial charge in [-0.05, 0) is 25.7 Å². The lowest BCUT2D eigenvalue weighted by atomic mass is 10.1. The van der Waals surface area contributed by atoms with Crippen molar-refractivity contribution >= 4 is 11.5 Å². The van der Waals surface area contributed by atoms with Gasteiger partial charge in [0.1, 0.15) is 0 Å². The molecule has 0 amide bonds. The van der Waals surface area contributed by atoms with Crippen LogP contribution in [0.25, 0.3) is 0 Å². The van der Waals surface area contributed by atoms with Crippen LogP contribution < -0.4 is 0 Å². The number of aliphatic hydroxyl groups is 2. The number of aliphatic imine (C=N–C) groups is 1. The van der Waals surface area contributed by atoms with Crippen molar-refractivity contribution < 1.29 is 15.0 Å². The third-order valence-corrected chi connectivity index (χ3v) is 3.55. The van der Waals surface area contributed by atoms with Crippen molar-refractivity contribution in [2.24, 2.45) is 10.9 Å². The van der Waals surface area contributed by atoms with Gasteiger partial charge in [0.25, 0.3) is 0 Å². The SMILES string of the molecule is CC(=NCC1C[C@@H](O)[C@@H](O)C1)C(=O)c1ccccc1. The highest BCUT2D eigenvalue weighted by Crippen LogP contribution is 2.26. The Morgan fingerprint density at radius 2 is 1.79 bits per heavy atom. The summed E-state index contributed by atoms with van der Waals surface area (Å²) >= 11 is 0. The van der Waals surface area contributed by atoms with Gasteiger partial charge in [-0.1, -0.05) is 30.3 Å². The summed E-state index contributed by atoms with van der Waals surface area (Å²) in [5.74, 6) is 0.0863. The third kappa shape index (κ3) is 3.49. The van der Waals surface area contributed by atoms with E-state index in [1.807, 2.05) is 18.2 Å². The molecular formula is C15H19NO3. The fourth-order valence-corrected chi connectivity index (χ4v) is 2.38. The molecule has 2 rings (SSSR count). The van der Waals surface area contributed by atoms with Gasteiger partial charge in [0.05, 0.1) is 17.9 Å². The van der Waals surface area contributed by atoms with Crippen LogP contribution in [-0.4, -0.2) is 40.5 Å².